The summed E-state index contributed by atoms with van der Waals surface area (Å²) in [5.74, 6) is -0.182. The lowest BCUT2D eigenvalue weighted by Gasteiger charge is -2.29. The van der Waals surface area contributed by atoms with Gasteiger partial charge in [0, 0.05) is 24.5 Å². The molecule has 0 aliphatic carbocycles. The second-order valence-corrected chi connectivity index (χ2v) is 9.10. The Morgan fingerprint density at radius 3 is 2.10 bits per heavy atom. The van der Waals surface area contributed by atoms with Crippen LogP contribution in [0.1, 0.15) is 57.7 Å². The molecule has 2 aromatic rings. The Hall–Kier alpha value is -2.33. The molecule has 0 bridgehead atoms. The molecule has 1 atom stereocenters. The predicted octanol–water partition coefficient (Wildman–Crippen LogP) is 5.12. The van der Waals surface area contributed by atoms with Crippen LogP contribution >= 0.6 is 11.6 Å². The molecule has 0 radical (unpaired) electrons. The van der Waals surface area contributed by atoms with Gasteiger partial charge in [0.15, 0.2) is 0 Å². The third kappa shape index (κ3) is 6.88. The summed E-state index contributed by atoms with van der Waals surface area (Å²) < 4.78 is 0. The van der Waals surface area contributed by atoms with E-state index >= 15 is 0 Å². The smallest absolute Gasteiger partial charge is 0.242 e. The zero-order chi connectivity index (χ0) is 22.3. The summed E-state index contributed by atoms with van der Waals surface area (Å²) in [6.45, 7) is 11.1. The summed E-state index contributed by atoms with van der Waals surface area (Å²) in [6, 6.07) is 15.3. The Morgan fingerprint density at radius 2 is 1.57 bits per heavy atom. The van der Waals surface area contributed by atoms with Crippen molar-refractivity contribution in [2.75, 3.05) is 6.54 Å². The first-order valence-corrected chi connectivity index (χ1v) is 10.9. The average molecular weight is 429 g/mol. The first-order chi connectivity index (χ1) is 14.1. The molecule has 0 aromatic heterocycles. The van der Waals surface area contributed by atoms with Gasteiger partial charge in [0.1, 0.15) is 6.04 Å². The van der Waals surface area contributed by atoms with Crippen LogP contribution in [0, 0.1) is 0 Å². The van der Waals surface area contributed by atoms with Crippen LogP contribution in [0.4, 0.5) is 0 Å². The molecule has 0 spiro atoms. The second kappa shape index (κ2) is 10.6. The van der Waals surface area contributed by atoms with Crippen LogP contribution in [-0.4, -0.2) is 29.3 Å². The molecule has 2 aromatic carbocycles. The maximum Gasteiger partial charge on any atom is 0.242 e. The van der Waals surface area contributed by atoms with Crippen LogP contribution in [0.25, 0.3) is 0 Å². The van der Waals surface area contributed by atoms with E-state index in [1.54, 1.807) is 24.0 Å². The molecule has 162 valence electrons. The molecular weight excluding hydrogens is 396 g/mol. The van der Waals surface area contributed by atoms with Crippen molar-refractivity contribution in [1.29, 1.82) is 0 Å². The lowest BCUT2D eigenvalue weighted by Crippen LogP contribution is -2.47. The van der Waals surface area contributed by atoms with Crippen LogP contribution in [0.2, 0.25) is 5.02 Å². The van der Waals surface area contributed by atoms with Crippen molar-refractivity contribution < 1.29 is 9.59 Å². The number of carbonyl (C=O) groups excluding carboxylic acids is 2. The van der Waals surface area contributed by atoms with Crippen molar-refractivity contribution >= 4 is 23.4 Å². The third-order valence-electron chi connectivity index (χ3n) is 5.23. The van der Waals surface area contributed by atoms with Gasteiger partial charge < -0.3 is 10.2 Å². The Kier molecular flexibility index (Phi) is 8.48. The van der Waals surface area contributed by atoms with Gasteiger partial charge in [-0.3, -0.25) is 9.59 Å². The highest BCUT2D eigenvalue weighted by Crippen LogP contribution is 2.23. The predicted molar refractivity (Wildman–Crippen MR) is 124 cm³/mol. The van der Waals surface area contributed by atoms with E-state index in [1.807, 2.05) is 19.1 Å². The number of nitrogens with zero attached hydrogens (tertiary/aromatic N) is 1. The normalized spacial score (nSPS) is 12.3. The van der Waals surface area contributed by atoms with E-state index in [2.05, 4.69) is 50.4 Å². The van der Waals surface area contributed by atoms with E-state index < -0.39 is 6.04 Å². The van der Waals surface area contributed by atoms with Gasteiger partial charge in [-0.2, -0.15) is 0 Å². The molecule has 5 heteroatoms. The molecule has 0 saturated carbocycles. The van der Waals surface area contributed by atoms with Gasteiger partial charge in [-0.05, 0) is 54.5 Å². The first kappa shape index (κ1) is 23.9. The van der Waals surface area contributed by atoms with E-state index in [0.29, 0.717) is 31.0 Å². The minimum atomic E-state index is -0.545. The highest BCUT2D eigenvalue weighted by atomic mass is 35.5. The minimum absolute atomic E-state index is 0.0383. The van der Waals surface area contributed by atoms with E-state index in [1.165, 1.54) is 5.56 Å². The largest absolute Gasteiger partial charge is 0.355 e. The Bertz CT molecular complexity index is 839. The Labute approximate surface area is 185 Å². The molecule has 4 nitrogen and oxygen atoms in total. The number of nitrogens with one attached hydrogen (secondary N) is 1. The van der Waals surface area contributed by atoms with Crippen molar-refractivity contribution in [2.24, 2.45) is 0 Å². The minimum Gasteiger partial charge on any atom is -0.355 e. The quantitative estimate of drug-likeness (QED) is 0.634. The van der Waals surface area contributed by atoms with E-state index in [9.17, 15) is 9.59 Å². The molecular formula is C25H33ClN2O2. The zero-order valence-corrected chi connectivity index (χ0v) is 19.4. The summed E-state index contributed by atoms with van der Waals surface area (Å²) in [5.41, 5.74) is 3.44. The van der Waals surface area contributed by atoms with Gasteiger partial charge in [0.2, 0.25) is 11.8 Å². The number of amides is 2. The second-order valence-electron chi connectivity index (χ2n) is 8.67. The number of rotatable bonds is 8. The molecule has 30 heavy (non-hydrogen) atoms. The summed E-state index contributed by atoms with van der Waals surface area (Å²) in [7, 11) is 0. The molecule has 0 heterocycles. The van der Waals surface area contributed by atoms with Gasteiger partial charge >= 0.3 is 0 Å². The van der Waals surface area contributed by atoms with Crippen molar-refractivity contribution in [2.45, 2.75) is 65.5 Å². The van der Waals surface area contributed by atoms with Crippen molar-refractivity contribution in [1.82, 2.24) is 10.2 Å². The van der Waals surface area contributed by atoms with Crippen molar-refractivity contribution in [3.8, 4) is 0 Å². The van der Waals surface area contributed by atoms with Crippen LogP contribution < -0.4 is 5.32 Å². The lowest BCUT2D eigenvalue weighted by atomic mass is 9.86. The molecule has 2 amide bonds. The van der Waals surface area contributed by atoms with Gasteiger partial charge in [0.25, 0.3) is 0 Å². The summed E-state index contributed by atoms with van der Waals surface area (Å²) >= 11 is 5.98. The molecule has 0 fully saturated rings. The molecule has 0 unspecified atom stereocenters. The van der Waals surface area contributed by atoms with Gasteiger partial charge in [0.05, 0.1) is 0 Å². The number of likely N-dealkylation sites (N-methyl/N-ethyl adjacent to an activating group) is 1. The van der Waals surface area contributed by atoms with Crippen LogP contribution in [0.5, 0.6) is 0 Å². The van der Waals surface area contributed by atoms with Crippen LogP contribution in [-0.2, 0) is 28.0 Å². The number of halogens is 1. The highest BCUT2D eigenvalue weighted by Gasteiger charge is 2.25. The molecule has 1 N–H and O–H groups in total. The standard InChI is InChI=1S/C25H33ClN2O2/c1-6-27-24(30)18(2)28(17-20-9-14-22(26)15-10-20)23(29)16-11-19-7-12-21(13-8-19)25(3,4)5/h7-10,12-15,18H,6,11,16-17H2,1-5H3,(H,27,30)/t18-/m0/s1. The average Bonchev–Trinajstić information content (AvgIpc) is 2.71. The summed E-state index contributed by atoms with van der Waals surface area (Å²) in [6.07, 6.45) is 0.995. The van der Waals surface area contributed by atoms with E-state index in [4.69, 9.17) is 11.6 Å². The van der Waals surface area contributed by atoms with Gasteiger partial charge in [-0.1, -0.05) is 68.8 Å². The topological polar surface area (TPSA) is 49.4 Å². The third-order valence-corrected chi connectivity index (χ3v) is 5.48. The summed E-state index contributed by atoms with van der Waals surface area (Å²) in [5, 5.41) is 3.46. The summed E-state index contributed by atoms with van der Waals surface area (Å²) in [4.78, 5) is 27.1. The number of benzene rings is 2. The number of hydrogen-bond acceptors (Lipinski definition) is 2. The van der Waals surface area contributed by atoms with Crippen LogP contribution in [0.15, 0.2) is 48.5 Å². The first-order valence-electron chi connectivity index (χ1n) is 10.5. The van der Waals surface area contributed by atoms with Gasteiger partial charge in [-0.15, -0.1) is 0 Å². The molecule has 0 saturated heterocycles. The molecule has 0 aliphatic heterocycles. The van der Waals surface area contributed by atoms with Crippen molar-refractivity contribution in [3.05, 3.63) is 70.2 Å². The van der Waals surface area contributed by atoms with Crippen molar-refractivity contribution in [3.63, 3.8) is 0 Å². The monoisotopic (exact) mass is 428 g/mol. The lowest BCUT2D eigenvalue weighted by molar-refractivity contribution is -0.140. The Balaban J connectivity index is 2.11. The molecule has 2 rings (SSSR count). The fourth-order valence-electron chi connectivity index (χ4n) is 3.26. The molecule has 0 aliphatic rings. The van der Waals surface area contributed by atoms with Gasteiger partial charge in [-0.25, -0.2) is 0 Å². The highest BCUT2D eigenvalue weighted by molar-refractivity contribution is 6.30. The fourth-order valence-corrected chi connectivity index (χ4v) is 3.38. The van der Waals surface area contributed by atoms with E-state index in [0.717, 1.165) is 11.1 Å². The number of carbonyl (C=O) groups is 2. The SMILES string of the molecule is CCNC(=O)[C@H](C)N(Cc1ccc(Cl)cc1)C(=O)CCc1ccc(C(C)(C)C)cc1. The fraction of sp³-hybridized carbons (Fsp3) is 0.440. The van der Waals surface area contributed by atoms with E-state index in [-0.39, 0.29) is 17.2 Å². The number of aryl methyl sites for hydroxylation is 1. The Morgan fingerprint density at radius 1 is 1.00 bits per heavy atom. The number of hydrogen-bond donors (Lipinski definition) is 1. The maximum atomic E-state index is 13.1. The van der Waals surface area contributed by atoms with Crippen LogP contribution in [0.3, 0.4) is 0 Å². The maximum absolute atomic E-state index is 13.1. The zero-order valence-electron chi connectivity index (χ0n) is 18.7.